The highest BCUT2D eigenvalue weighted by atomic mass is 35.5. The highest BCUT2D eigenvalue weighted by Gasteiger charge is 2.10. The Morgan fingerprint density at radius 3 is 2.73 bits per heavy atom. The van der Waals surface area contributed by atoms with Gasteiger partial charge in [-0.3, -0.25) is 0 Å². The van der Waals surface area contributed by atoms with E-state index in [1.54, 1.807) is 37.5 Å². The summed E-state index contributed by atoms with van der Waals surface area (Å²) in [6, 6.07) is 14.4. The van der Waals surface area contributed by atoms with Crippen molar-refractivity contribution in [2.75, 3.05) is 7.11 Å². The van der Waals surface area contributed by atoms with E-state index in [-0.39, 0.29) is 12.5 Å². The lowest BCUT2D eigenvalue weighted by Gasteiger charge is -2.03. The molecule has 6 nitrogen and oxygen atoms in total. The summed E-state index contributed by atoms with van der Waals surface area (Å²) in [5.41, 5.74) is 1.53. The predicted molar refractivity (Wildman–Crippen MR) is 96.6 cm³/mol. The molecule has 26 heavy (non-hydrogen) atoms. The number of nitrogens with zero attached hydrogens (tertiary/aromatic N) is 2. The van der Waals surface area contributed by atoms with Gasteiger partial charge in [0.25, 0.3) is 5.89 Å². The molecule has 3 rings (SSSR count). The maximum atomic E-state index is 11.8. The van der Waals surface area contributed by atoms with Gasteiger partial charge in [0.15, 0.2) is 6.61 Å². The predicted octanol–water partition coefficient (Wildman–Crippen LogP) is 4.16. The molecule has 0 saturated heterocycles. The number of methoxy groups -OCH3 is 1. The lowest BCUT2D eigenvalue weighted by atomic mass is 10.2. The lowest BCUT2D eigenvalue weighted by molar-refractivity contribution is -0.139. The van der Waals surface area contributed by atoms with E-state index in [4.69, 9.17) is 25.6 Å². The SMILES string of the molecule is COc1ccccc1/C=C/C(=O)OCc1nc(-c2ccc(Cl)cc2)no1. The molecule has 7 heteroatoms. The van der Waals surface area contributed by atoms with Crippen molar-refractivity contribution in [2.45, 2.75) is 6.61 Å². The quantitative estimate of drug-likeness (QED) is 0.479. The molecule has 0 saturated carbocycles. The molecule has 1 aromatic heterocycles. The van der Waals surface area contributed by atoms with E-state index in [0.29, 0.717) is 16.6 Å². The normalized spacial score (nSPS) is 10.8. The van der Waals surface area contributed by atoms with Crippen LogP contribution in [-0.2, 0) is 16.1 Å². The Morgan fingerprint density at radius 2 is 1.96 bits per heavy atom. The van der Waals surface area contributed by atoms with Crippen molar-refractivity contribution in [2.24, 2.45) is 0 Å². The monoisotopic (exact) mass is 370 g/mol. The summed E-state index contributed by atoms with van der Waals surface area (Å²) in [4.78, 5) is 16.0. The first-order valence-corrected chi connectivity index (χ1v) is 8.10. The van der Waals surface area contributed by atoms with Crippen molar-refractivity contribution in [1.29, 1.82) is 0 Å². The summed E-state index contributed by atoms with van der Waals surface area (Å²) in [7, 11) is 1.57. The van der Waals surface area contributed by atoms with Crippen molar-refractivity contribution in [3.05, 3.63) is 71.1 Å². The second-order valence-corrected chi connectivity index (χ2v) is 5.64. The maximum absolute atomic E-state index is 11.8. The van der Waals surface area contributed by atoms with Gasteiger partial charge in [-0.1, -0.05) is 35.0 Å². The van der Waals surface area contributed by atoms with Crippen molar-refractivity contribution >= 4 is 23.6 Å². The minimum absolute atomic E-state index is 0.115. The number of hydrogen-bond donors (Lipinski definition) is 0. The van der Waals surface area contributed by atoms with Gasteiger partial charge in [-0.2, -0.15) is 4.98 Å². The molecule has 0 aliphatic rings. The molecule has 0 radical (unpaired) electrons. The number of hydrogen-bond acceptors (Lipinski definition) is 6. The molecule has 0 amide bonds. The minimum atomic E-state index is -0.526. The van der Waals surface area contributed by atoms with Gasteiger partial charge in [-0.05, 0) is 36.4 Å². The average Bonchev–Trinajstić information content (AvgIpc) is 3.14. The summed E-state index contributed by atoms with van der Waals surface area (Å²) in [5.74, 6) is 0.745. The first-order valence-electron chi connectivity index (χ1n) is 7.72. The molecule has 0 N–H and O–H groups in total. The molecule has 0 atom stereocenters. The minimum Gasteiger partial charge on any atom is -0.496 e. The van der Waals surface area contributed by atoms with Crippen LogP contribution in [0.2, 0.25) is 5.02 Å². The van der Waals surface area contributed by atoms with E-state index >= 15 is 0 Å². The Hall–Kier alpha value is -3.12. The molecule has 0 aliphatic heterocycles. The molecule has 0 unspecified atom stereocenters. The summed E-state index contributed by atoms with van der Waals surface area (Å²) < 4.78 is 15.4. The topological polar surface area (TPSA) is 74.5 Å². The van der Waals surface area contributed by atoms with E-state index in [9.17, 15) is 4.79 Å². The standard InChI is InChI=1S/C19H15ClN2O4/c1-24-16-5-3-2-4-13(16)8-11-18(23)25-12-17-21-19(22-26-17)14-6-9-15(20)10-7-14/h2-11H,12H2,1H3/b11-8+. The fourth-order valence-corrected chi connectivity index (χ4v) is 2.30. The number of para-hydroxylation sites is 1. The van der Waals surface area contributed by atoms with Crippen molar-refractivity contribution in [3.63, 3.8) is 0 Å². The van der Waals surface area contributed by atoms with E-state index in [1.165, 1.54) is 6.08 Å². The van der Waals surface area contributed by atoms with Crippen LogP contribution < -0.4 is 4.74 Å². The van der Waals surface area contributed by atoms with Gasteiger partial charge in [-0.15, -0.1) is 0 Å². The Kier molecular flexibility index (Phi) is 5.66. The zero-order chi connectivity index (χ0) is 18.4. The number of ether oxygens (including phenoxy) is 2. The van der Waals surface area contributed by atoms with Crippen molar-refractivity contribution < 1.29 is 18.8 Å². The van der Waals surface area contributed by atoms with Gasteiger partial charge in [0.05, 0.1) is 7.11 Å². The molecule has 132 valence electrons. The number of rotatable bonds is 6. The molecule has 0 fully saturated rings. The number of benzene rings is 2. The zero-order valence-corrected chi connectivity index (χ0v) is 14.6. The van der Waals surface area contributed by atoms with Crippen molar-refractivity contribution in [1.82, 2.24) is 10.1 Å². The van der Waals surface area contributed by atoms with Gasteiger partial charge in [0, 0.05) is 22.2 Å². The van der Waals surface area contributed by atoms with E-state index in [2.05, 4.69) is 10.1 Å². The van der Waals surface area contributed by atoms with Gasteiger partial charge in [0.1, 0.15) is 5.75 Å². The summed E-state index contributed by atoms with van der Waals surface area (Å²) in [6.07, 6.45) is 2.93. The molecule has 1 heterocycles. The third-order valence-corrected chi connectivity index (χ3v) is 3.70. The number of carbonyl (C=O) groups excluding carboxylic acids is 1. The summed E-state index contributed by atoms with van der Waals surface area (Å²) in [5, 5.41) is 4.47. The average molecular weight is 371 g/mol. The molecular weight excluding hydrogens is 356 g/mol. The van der Waals surface area contributed by atoms with Gasteiger partial charge < -0.3 is 14.0 Å². The Labute approximate surface area is 155 Å². The van der Waals surface area contributed by atoms with Crippen LogP contribution in [0.4, 0.5) is 0 Å². The molecule has 2 aromatic carbocycles. The van der Waals surface area contributed by atoms with Crippen LogP contribution in [0.5, 0.6) is 5.75 Å². The largest absolute Gasteiger partial charge is 0.496 e. The van der Waals surface area contributed by atoms with Crippen molar-refractivity contribution in [3.8, 4) is 17.1 Å². The van der Waals surface area contributed by atoms with Crippen LogP contribution in [-0.4, -0.2) is 23.2 Å². The maximum Gasteiger partial charge on any atom is 0.331 e. The lowest BCUT2D eigenvalue weighted by Crippen LogP contribution is -2.01. The van der Waals surface area contributed by atoms with Gasteiger partial charge >= 0.3 is 5.97 Å². The molecular formula is C19H15ClN2O4. The number of carbonyl (C=O) groups is 1. The Balaban J connectivity index is 1.58. The molecule has 0 bridgehead atoms. The zero-order valence-electron chi connectivity index (χ0n) is 13.9. The van der Waals surface area contributed by atoms with Crippen LogP contribution >= 0.6 is 11.6 Å². The van der Waals surface area contributed by atoms with Gasteiger partial charge in [0.2, 0.25) is 5.82 Å². The smallest absolute Gasteiger partial charge is 0.331 e. The number of halogens is 1. The summed E-state index contributed by atoms with van der Waals surface area (Å²) >= 11 is 5.85. The highest BCUT2D eigenvalue weighted by Crippen LogP contribution is 2.20. The first kappa shape index (κ1) is 17.7. The second kappa shape index (κ2) is 8.31. The van der Waals surface area contributed by atoms with Crippen LogP contribution in [0.25, 0.3) is 17.5 Å². The fraction of sp³-hybridized carbons (Fsp3) is 0.105. The molecule has 3 aromatic rings. The van der Waals surface area contributed by atoms with E-state index in [0.717, 1.165) is 11.1 Å². The Morgan fingerprint density at radius 1 is 1.19 bits per heavy atom. The van der Waals surface area contributed by atoms with Crippen LogP contribution in [0.3, 0.4) is 0 Å². The Bertz CT molecular complexity index is 919. The molecule has 0 spiro atoms. The third-order valence-electron chi connectivity index (χ3n) is 3.45. The first-order chi connectivity index (χ1) is 12.7. The fourth-order valence-electron chi connectivity index (χ4n) is 2.17. The summed E-state index contributed by atoms with van der Waals surface area (Å²) in [6.45, 7) is -0.115. The number of aromatic nitrogens is 2. The van der Waals surface area contributed by atoms with Crippen LogP contribution in [0.1, 0.15) is 11.5 Å². The molecule has 0 aliphatic carbocycles. The van der Waals surface area contributed by atoms with Crippen LogP contribution in [0.15, 0.2) is 59.1 Å². The van der Waals surface area contributed by atoms with E-state index in [1.807, 2.05) is 24.3 Å². The van der Waals surface area contributed by atoms with Crippen LogP contribution in [0, 0.1) is 0 Å². The third kappa shape index (κ3) is 4.49. The number of esters is 1. The highest BCUT2D eigenvalue weighted by molar-refractivity contribution is 6.30. The second-order valence-electron chi connectivity index (χ2n) is 5.20. The van der Waals surface area contributed by atoms with E-state index < -0.39 is 5.97 Å². The van der Waals surface area contributed by atoms with Gasteiger partial charge in [-0.25, -0.2) is 4.79 Å².